The Balaban J connectivity index is 3.61. The Morgan fingerprint density at radius 3 is 1.58 bits per heavy atom. The molecule has 26 heavy (non-hydrogen) atoms. The van der Waals surface area contributed by atoms with Gasteiger partial charge in [0.15, 0.2) is 0 Å². The topological polar surface area (TPSA) is 77.8 Å². The first-order valence-electron chi connectivity index (χ1n) is 9.40. The van der Waals surface area contributed by atoms with Gasteiger partial charge >= 0.3 is 5.97 Å². The van der Waals surface area contributed by atoms with Crippen molar-refractivity contribution in [1.29, 1.82) is 0 Å². The van der Waals surface area contributed by atoms with Crippen LogP contribution >= 0.6 is 0 Å². The summed E-state index contributed by atoms with van der Waals surface area (Å²) >= 11 is 0. The first kappa shape index (κ1) is 24.1. The number of carbonyl (C=O) groups is 1. The zero-order valence-electron chi connectivity index (χ0n) is 15.8. The first-order valence-corrected chi connectivity index (χ1v) is 9.40. The fourth-order valence-electron chi connectivity index (χ4n) is 2.07. The first-order chi connectivity index (χ1) is 12.6. The molecule has 2 unspecified atom stereocenters. The number of carboxylic acid groups (broad SMARTS) is 1. The van der Waals surface area contributed by atoms with E-state index in [0.29, 0.717) is 19.3 Å². The van der Waals surface area contributed by atoms with E-state index in [4.69, 9.17) is 5.11 Å². The van der Waals surface area contributed by atoms with Gasteiger partial charge in [0.05, 0.1) is 12.2 Å². The lowest BCUT2D eigenvalue weighted by atomic mass is 10.1. The van der Waals surface area contributed by atoms with Gasteiger partial charge in [-0.05, 0) is 44.9 Å². The molecule has 4 nitrogen and oxygen atoms in total. The molecule has 4 heteroatoms. The van der Waals surface area contributed by atoms with Gasteiger partial charge in [-0.15, -0.1) is 0 Å². The van der Waals surface area contributed by atoms with E-state index in [2.05, 4.69) is 36.5 Å². The Bertz CT molecular complexity index is 486. The lowest BCUT2D eigenvalue weighted by Gasteiger charge is -2.13. The molecule has 0 aromatic rings. The molecule has 0 saturated carbocycles. The van der Waals surface area contributed by atoms with Gasteiger partial charge in [0.25, 0.3) is 0 Å². The normalized spacial score (nSPS) is 15.2. The van der Waals surface area contributed by atoms with E-state index >= 15 is 0 Å². The Morgan fingerprint density at radius 2 is 1.15 bits per heavy atom. The van der Waals surface area contributed by atoms with E-state index in [1.807, 2.05) is 31.2 Å². The second-order valence-corrected chi connectivity index (χ2v) is 6.01. The molecule has 0 aliphatic carbocycles. The highest BCUT2D eigenvalue weighted by molar-refractivity contribution is 5.66. The van der Waals surface area contributed by atoms with Crippen molar-refractivity contribution in [3.8, 4) is 0 Å². The van der Waals surface area contributed by atoms with E-state index < -0.39 is 18.2 Å². The Hall–Kier alpha value is -1.91. The number of aliphatic hydroxyl groups excluding tert-OH is 2. The maximum Gasteiger partial charge on any atom is 0.303 e. The Labute approximate surface area is 157 Å². The highest BCUT2D eigenvalue weighted by Crippen LogP contribution is 2.04. The second kappa shape index (κ2) is 17.9. The number of carboxylic acids is 1. The highest BCUT2D eigenvalue weighted by Gasteiger charge is 2.11. The van der Waals surface area contributed by atoms with Crippen LogP contribution in [0.4, 0.5) is 0 Å². The van der Waals surface area contributed by atoms with Crippen molar-refractivity contribution in [1.82, 2.24) is 0 Å². The van der Waals surface area contributed by atoms with E-state index in [-0.39, 0.29) is 6.42 Å². The summed E-state index contributed by atoms with van der Waals surface area (Å²) in [6.45, 7) is 1.85. The van der Waals surface area contributed by atoms with E-state index in [1.165, 1.54) is 0 Å². The number of hydrogen-bond donors (Lipinski definition) is 3. The molecule has 146 valence electrons. The van der Waals surface area contributed by atoms with Crippen molar-refractivity contribution in [2.24, 2.45) is 0 Å². The van der Waals surface area contributed by atoms with Gasteiger partial charge in [0, 0.05) is 6.42 Å². The van der Waals surface area contributed by atoms with Gasteiger partial charge in [-0.3, -0.25) is 4.79 Å². The lowest BCUT2D eigenvalue weighted by molar-refractivity contribution is -0.136. The zero-order valence-corrected chi connectivity index (χ0v) is 15.8. The van der Waals surface area contributed by atoms with Crippen molar-refractivity contribution in [3.63, 3.8) is 0 Å². The number of aliphatic carboxylic acids is 1. The fraction of sp³-hybridized carbons (Fsp3) is 0.500. The van der Waals surface area contributed by atoms with Crippen LogP contribution in [-0.4, -0.2) is 33.5 Å². The quantitative estimate of drug-likeness (QED) is 0.369. The Morgan fingerprint density at radius 1 is 0.731 bits per heavy atom. The summed E-state index contributed by atoms with van der Waals surface area (Å²) in [6, 6.07) is 0. The largest absolute Gasteiger partial charge is 0.481 e. The van der Waals surface area contributed by atoms with Crippen molar-refractivity contribution >= 4 is 5.97 Å². The summed E-state index contributed by atoms with van der Waals surface area (Å²) < 4.78 is 0. The molecule has 0 heterocycles. The predicted molar refractivity (Wildman–Crippen MR) is 108 cm³/mol. The van der Waals surface area contributed by atoms with Gasteiger partial charge in [0.2, 0.25) is 0 Å². The summed E-state index contributed by atoms with van der Waals surface area (Å²) in [4.78, 5) is 10.3. The second-order valence-electron chi connectivity index (χ2n) is 6.01. The maximum absolute atomic E-state index is 10.3. The van der Waals surface area contributed by atoms with E-state index in [9.17, 15) is 15.0 Å². The minimum absolute atomic E-state index is 0.191. The molecule has 0 fully saturated rings. The van der Waals surface area contributed by atoms with Crippen LogP contribution in [0.3, 0.4) is 0 Å². The van der Waals surface area contributed by atoms with Crippen LogP contribution in [0.1, 0.15) is 58.3 Å². The summed E-state index contributed by atoms with van der Waals surface area (Å²) in [6.07, 6.45) is 24.4. The average molecular weight is 363 g/mol. The van der Waals surface area contributed by atoms with Crippen molar-refractivity contribution in [2.75, 3.05) is 0 Å². The molecule has 0 aliphatic heterocycles. The minimum Gasteiger partial charge on any atom is -0.481 e. The monoisotopic (exact) mass is 362 g/mol. The lowest BCUT2D eigenvalue weighted by Crippen LogP contribution is -2.23. The van der Waals surface area contributed by atoms with Crippen LogP contribution in [-0.2, 0) is 4.79 Å². The number of hydrogen-bond acceptors (Lipinski definition) is 3. The van der Waals surface area contributed by atoms with Crippen LogP contribution in [0.25, 0.3) is 0 Å². The minimum atomic E-state index is -0.758. The molecule has 0 bridgehead atoms. The van der Waals surface area contributed by atoms with E-state index in [0.717, 1.165) is 25.7 Å². The highest BCUT2D eigenvalue weighted by atomic mass is 16.4. The Kier molecular flexibility index (Phi) is 16.6. The number of aliphatic hydroxyl groups is 2. The molecule has 0 aromatic carbocycles. The molecule has 0 spiro atoms. The van der Waals surface area contributed by atoms with Crippen LogP contribution in [0, 0.1) is 0 Å². The summed E-state index contributed by atoms with van der Waals surface area (Å²) in [5, 5.41) is 27.5. The third-order valence-electron chi connectivity index (χ3n) is 3.69. The molecule has 0 amide bonds. The predicted octanol–water partition coefficient (Wildman–Crippen LogP) is 4.71. The van der Waals surface area contributed by atoms with Crippen molar-refractivity contribution in [3.05, 3.63) is 60.8 Å². The molecule has 2 atom stereocenters. The van der Waals surface area contributed by atoms with Crippen molar-refractivity contribution in [2.45, 2.75) is 70.5 Å². The SMILES string of the molecule is CCC(O)C(O)CC=CCC=CCC=CCC=CCC=CCCC(=O)O. The van der Waals surface area contributed by atoms with Gasteiger partial charge < -0.3 is 15.3 Å². The molecule has 0 saturated heterocycles. The molecule has 0 radical (unpaired) electrons. The molecule has 0 aliphatic rings. The van der Waals surface area contributed by atoms with Crippen molar-refractivity contribution < 1.29 is 20.1 Å². The maximum atomic E-state index is 10.3. The van der Waals surface area contributed by atoms with E-state index in [1.54, 1.807) is 0 Å². The van der Waals surface area contributed by atoms with Gasteiger partial charge in [-0.25, -0.2) is 0 Å². The number of rotatable bonds is 15. The third-order valence-corrected chi connectivity index (χ3v) is 3.69. The average Bonchev–Trinajstić information content (AvgIpc) is 2.63. The summed E-state index contributed by atoms with van der Waals surface area (Å²) in [5.41, 5.74) is 0. The molecular formula is C22H34O4. The summed E-state index contributed by atoms with van der Waals surface area (Å²) in [7, 11) is 0. The third kappa shape index (κ3) is 16.9. The van der Waals surface area contributed by atoms with Crippen LogP contribution < -0.4 is 0 Å². The zero-order chi connectivity index (χ0) is 19.5. The van der Waals surface area contributed by atoms with Gasteiger partial charge in [-0.1, -0.05) is 67.7 Å². The van der Waals surface area contributed by atoms with Crippen LogP contribution in [0.15, 0.2) is 60.8 Å². The van der Waals surface area contributed by atoms with Gasteiger partial charge in [-0.2, -0.15) is 0 Å². The number of allylic oxidation sites excluding steroid dienone is 9. The smallest absolute Gasteiger partial charge is 0.303 e. The molecular weight excluding hydrogens is 328 g/mol. The molecule has 3 N–H and O–H groups in total. The summed E-state index contributed by atoms with van der Waals surface area (Å²) in [5.74, 6) is -0.758. The fourth-order valence-corrected chi connectivity index (χ4v) is 2.07. The standard InChI is InChI=1S/C22H34O4/c1-2-20(23)21(24)18-16-14-12-10-8-6-4-3-5-7-9-11-13-15-17-19-22(25)26/h3-4,7-10,13-16,20-21,23-24H,2,5-6,11-12,17-19H2,1H3,(H,25,26). The van der Waals surface area contributed by atoms with Crippen LogP contribution in [0.2, 0.25) is 0 Å². The molecule has 0 aromatic heterocycles. The van der Waals surface area contributed by atoms with Crippen LogP contribution in [0.5, 0.6) is 0 Å². The molecule has 0 rings (SSSR count). The van der Waals surface area contributed by atoms with Gasteiger partial charge in [0.1, 0.15) is 0 Å².